The minimum Gasteiger partial charge on any atom is -0.768 e. The summed E-state index contributed by atoms with van der Waals surface area (Å²) in [5, 5.41) is 0. The molecule has 0 aromatic heterocycles. The van der Waals surface area contributed by atoms with E-state index in [2.05, 4.69) is 0 Å². The van der Waals surface area contributed by atoms with Gasteiger partial charge in [0.2, 0.25) is 9.84 Å². The van der Waals surface area contributed by atoms with Crippen LogP contribution < -0.4 is 51.4 Å². The molecule has 94 valence electrons. The summed E-state index contributed by atoms with van der Waals surface area (Å²) >= 11 is -2.59. The van der Waals surface area contributed by atoms with Crippen LogP contribution in [-0.2, 0) is 20.9 Å². The van der Waals surface area contributed by atoms with E-state index in [-0.39, 0.29) is 66.1 Å². The molecule has 0 bridgehead atoms. The van der Waals surface area contributed by atoms with E-state index in [0.29, 0.717) is 0 Å². The van der Waals surface area contributed by atoms with Gasteiger partial charge in [-0.3, -0.25) is 4.21 Å². The van der Waals surface area contributed by atoms with Gasteiger partial charge in [0.1, 0.15) is 0 Å². The van der Waals surface area contributed by atoms with E-state index in [1.807, 2.05) is 0 Å². The van der Waals surface area contributed by atoms with Crippen LogP contribution in [0.3, 0.4) is 0 Å². The van der Waals surface area contributed by atoms with Crippen molar-refractivity contribution in [2.75, 3.05) is 0 Å². The van der Waals surface area contributed by atoms with Crippen LogP contribution in [-0.4, -0.2) is 17.2 Å². The van der Waals surface area contributed by atoms with E-state index in [4.69, 9.17) is 0 Å². The molecule has 1 atom stereocenters. The van der Waals surface area contributed by atoms with Crippen LogP contribution in [0.15, 0.2) is 69.3 Å². The predicted molar refractivity (Wildman–Crippen MR) is 65.5 cm³/mol. The second-order valence-electron chi connectivity index (χ2n) is 3.50. The molecule has 2 aromatic carbocycles. The third-order valence-corrected chi connectivity index (χ3v) is 5.04. The van der Waals surface area contributed by atoms with Gasteiger partial charge < -0.3 is 4.55 Å². The fraction of sp³-hybridized carbons (Fsp3) is 0. The van der Waals surface area contributed by atoms with Crippen molar-refractivity contribution >= 4 is 20.9 Å². The molecule has 0 heterocycles. The largest absolute Gasteiger partial charge is 1.00 e. The van der Waals surface area contributed by atoms with Gasteiger partial charge in [0.05, 0.1) is 9.79 Å². The van der Waals surface area contributed by atoms with Crippen LogP contribution in [0.25, 0.3) is 0 Å². The van der Waals surface area contributed by atoms with Crippen LogP contribution in [0, 0.1) is 0 Å². The van der Waals surface area contributed by atoms with E-state index >= 15 is 0 Å². The maximum absolute atomic E-state index is 12.3. The quantitative estimate of drug-likeness (QED) is 0.524. The fourth-order valence-corrected chi connectivity index (χ4v) is 3.85. The van der Waals surface area contributed by atoms with Gasteiger partial charge in [0, 0.05) is 4.90 Å². The molecule has 0 N–H and O–H groups in total. The first kappa shape index (κ1) is 17.2. The van der Waals surface area contributed by atoms with Crippen LogP contribution in [0.4, 0.5) is 0 Å². The van der Waals surface area contributed by atoms with Gasteiger partial charge >= 0.3 is 51.4 Å². The van der Waals surface area contributed by atoms with Crippen LogP contribution >= 0.6 is 0 Å². The molecule has 2 aromatic rings. The van der Waals surface area contributed by atoms with Crippen molar-refractivity contribution in [2.45, 2.75) is 14.7 Å². The molecule has 0 fully saturated rings. The molecule has 0 aliphatic rings. The number of sulfone groups is 1. The Morgan fingerprint density at radius 3 is 2.00 bits per heavy atom. The van der Waals surface area contributed by atoms with Crippen molar-refractivity contribution in [1.29, 1.82) is 0 Å². The average molecular weight is 320 g/mol. The molecule has 0 radical (unpaired) electrons. The summed E-state index contributed by atoms with van der Waals surface area (Å²) in [6, 6.07) is 13.2. The molecular weight excluding hydrogens is 311 g/mol. The van der Waals surface area contributed by atoms with Crippen LogP contribution in [0.5, 0.6) is 0 Å². The molecule has 0 saturated heterocycles. The number of hydrogen-bond acceptors (Lipinski definition) is 4. The Hall–Kier alpha value is 0.136. The first-order chi connectivity index (χ1) is 8.53. The summed E-state index contributed by atoms with van der Waals surface area (Å²) in [6.45, 7) is 0. The van der Waals surface area contributed by atoms with Crippen molar-refractivity contribution in [2.24, 2.45) is 0 Å². The maximum Gasteiger partial charge on any atom is 1.00 e. The van der Waals surface area contributed by atoms with E-state index in [1.165, 1.54) is 36.4 Å². The zero-order valence-corrected chi connectivity index (χ0v) is 14.9. The molecule has 19 heavy (non-hydrogen) atoms. The average Bonchev–Trinajstić information content (AvgIpc) is 2.39. The summed E-state index contributed by atoms with van der Waals surface area (Å²) in [5.41, 5.74) is 0. The standard InChI is InChI=1S/C12H10O4S2.K/c13-17(14)11-8-4-5-9-12(11)18(15,16)10-6-2-1-3-7-10;/h1-9H,(H,13,14);/q;+1/p-1. The Balaban J connectivity index is 0.00000180. The molecule has 1 unspecified atom stereocenters. The van der Waals surface area contributed by atoms with Gasteiger partial charge in [-0.1, -0.05) is 30.3 Å². The summed E-state index contributed by atoms with van der Waals surface area (Å²) in [4.78, 5) is -0.353. The normalized spacial score (nSPS) is 12.5. The molecule has 7 heteroatoms. The summed E-state index contributed by atoms with van der Waals surface area (Å²) in [5.74, 6) is 0. The Kier molecular flexibility index (Phi) is 6.54. The van der Waals surface area contributed by atoms with Crippen molar-refractivity contribution in [3.05, 3.63) is 54.6 Å². The topological polar surface area (TPSA) is 74.3 Å². The van der Waals surface area contributed by atoms with Gasteiger partial charge in [-0.05, 0) is 35.3 Å². The van der Waals surface area contributed by atoms with Crippen LogP contribution in [0.1, 0.15) is 0 Å². The monoisotopic (exact) mass is 320 g/mol. The first-order valence-corrected chi connectivity index (χ1v) is 7.58. The van der Waals surface area contributed by atoms with E-state index < -0.39 is 20.9 Å². The van der Waals surface area contributed by atoms with Gasteiger partial charge in [-0.2, -0.15) is 0 Å². The second kappa shape index (κ2) is 7.23. The smallest absolute Gasteiger partial charge is 0.768 e. The maximum atomic E-state index is 12.3. The molecule has 2 rings (SSSR count). The molecule has 0 aliphatic heterocycles. The van der Waals surface area contributed by atoms with E-state index in [9.17, 15) is 17.2 Å². The zero-order chi connectivity index (χ0) is 13.2. The minimum atomic E-state index is -3.81. The Labute approximate surface area is 156 Å². The van der Waals surface area contributed by atoms with Gasteiger partial charge in [0.25, 0.3) is 0 Å². The third kappa shape index (κ3) is 3.83. The molecule has 0 spiro atoms. The number of rotatable bonds is 3. The molecule has 0 amide bonds. The summed E-state index contributed by atoms with van der Waals surface area (Å²) < 4.78 is 46.6. The van der Waals surface area contributed by atoms with Gasteiger partial charge in [0.15, 0.2) is 0 Å². The van der Waals surface area contributed by atoms with E-state index in [0.717, 1.165) is 0 Å². The first-order valence-electron chi connectivity index (χ1n) is 5.02. The SMILES string of the molecule is O=S([O-])c1ccccc1S(=O)(=O)c1ccccc1.[K+]. The Morgan fingerprint density at radius 1 is 0.895 bits per heavy atom. The minimum absolute atomic E-state index is 0. The Bertz CT molecular complexity index is 684. The Morgan fingerprint density at radius 2 is 1.42 bits per heavy atom. The molecule has 4 nitrogen and oxygen atoms in total. The summed E-state index contributed by atoms with van der Waals surface area (Å²) in [6.07, 6.45) is 0. The van der Waals surface area contributed by atoms with Crippen molar-refractivity contribution < 1.29 is 68.6 Å². The molecule has 0 aliphatic carbocycles. The number of hydrogen-bond donors (Lipinski definition) is 0. The van der Waals surface area contributed by atoms with Gasteiger partial charge in [-0.25, -0.2) is 8.42 Å². The molecular formula is C12H9KO4S2. The molecule has 0 saturated carbocycles. The number of benzene rings is 2. The summed E-state index contributed by atoms with van der Waals surface area (Å²) in [7, 11) is -3.81. The van der Waals surface area contributed by atoms with Crippen molar-refractivity contribution in [3.8, 4) is 0 Å². The van der Waals surface area contributed by atoms with E-state index in [1.54, 1.807) is 18.2 Å². The second-order valence-corrected chi connectivity index (χ2v) is 6.33. The predicted octanol–water partition coefficient (Wildman–Crippen LogP) is -1.24. The van der Waals surface area contributed by atoms with Crippen LogP contribution in [0.2, 0.25) is 0 Å². The van der Waals surface area contributed by atoms with Gasteiger partial charge in [-0.15, -0.1) is 0 Å². The third-order valence-electron chi connectivity index (χ3n) is 2.37. The van der Waals surface area contributed by atoms with Crippen molar-refractivity contribution in [3.63, 3.8) is 0 Å². The zero-order valence-electron chi connectivity index (χ0n) is 10.1. The van der Waals surface area contributed by atoms with Crippen molar-refractivity contribution in [1.82, 2.24) is 0 Å². The fourth-order valence-electron chi connectivity index (χ4n) is 1.54.